The molecule has 19 heavy (non-hydrogen) atoms. The first-order chi connectivity index (χ1) is 9.24. The average molecular weight is 273 g/mol. The highest BCUT2D eigenvalue weighted by Gasteiger charge is 2.25. The van der Waals surface area contributed by atoms with Gasteiger partial charge >= 0.3 is 0 Å². The van der Waals surface area contributed by atoms with Gasteiger partial charge in [0.25, 0.3) is 0 Å². The summed E-state index contributed by atoms with van der Waals surface area (Å²) in [6.07, 6.45) is 2.82. The highest BCUT2D eigenvalue weighted by Crippen LogP contribution is 2.30. The van der Waals surface area contributed by atoms with Gasteiger partial charge in [0.2, 0.25) is 0 Å². The van der Waals surface area contributed by atoms with E-state index in [-0.39, 0.29) is 6.10 Å². The minimum atomic E-state index is -0.656. The van der Waals surface area contributed by atoms with Crippen molar-refractivity contribution in [2.75, 3.05) is 0 Å². The van der Waals surface area contributed by atoms with Gasteiger partial charge in [0.1, 0.15) is 18.0 Å². The van der Waals surface area contributed by atoms with E-state index in [1.165, 1.54) is 0 Å². The van der Waals surface area contributed by atoms with E-state index in [0.717, 1.165) is 11.1 Å². The zero-order valence-corrected chi connectivity index (χ0v) is 10.9. The third kappa shape index (κ3) is 2.50. The van der Waals surface area contributed by atoms with E-state index in [1.54, 1.807) is 24.3 Å². The van der Waals surface area contributed by atoms with Crippen molar-refractivity contribution in [3.63, 3.8) is 0 Å². The van der Waals surface area contributed by atoms with Crippen LogP contribution in [0.2, 0.25) is 5.02 Å². The summed E-state index contributed by atoms with van der Waals surface area (Å²) < 4.78 is 5.78. The van der Waals surface area contributed by atoms with Crippen LogP contribution in [0.25, 0.3) is 6.08 Å². The van der Waals surface area contributed by atoms with Crippen LogP contribution in [-0.2, 0) is 0 Å². The lowest BCUT2D eigenvalue weighted by molar-refractivity contribution is 0.0623. The lowest BCUT2D eigenvalue weighted by atomic mass is 9.93. The summed E-state index contributed by atoms with van der Waals surface area (Å²) in [5.41, 5.74) is 1.93. The normalized spacial score (nSPS) is 20.9. The Kier molecular flexibility index (Phi) is 3.28. The second kappa shape index (κ2) is 5.08. The predicted molar refractivity (Wildman–Crippen MR) is 76.3 cm³/mol. The molecule has 3 rings (SSSR count). The van der Waals surface area contributed by atoms with Gasteiger partial charge in [-0.3, -0.25) is 0 Å². The number of ether oxygens (including phenoxy) is 1. The first-order valence-electron chi connectivity index (χ1n) is 6.11. The van der Waals surface area contributed by atoms with Crippen LogP contribution in [0.4, 0.5) is 0 Å². The van der Waals surface area contributed by atoms with Gasteiger partial charge in [-0.2, -0.15) is 0 Å². The fraction of sp³-hybridized carbons (Fsp3) is 0.125. The Morgan fingerprint density at radius 2 is 1.74 bits per heavy atom. The molecule has 0 spiro atoms. The molecule has 0 bridgehead atoms. The van der Waals surface area contributed by atoms with Crippen molar-refractivity contribution in [2.45, 2.75) is 12.2 Å². The molecule has 1 aliphatic rings. The molecule has 2 atom stereocenters. The number of fused-ring (bicyclic) bond motifs is 1. The Bertz CT molecular complexity index is 604. The van der Waals surface area contributed by atoms with Crippen molar-refractivity contribution in [3.8, 4) is 5.75 Å². The van der Waals surface area contributed by atoms with Gasteiger partial charge in [-0.1, -0.05) is 41.9 Å². The molecule has 2 aromatic rings. The molecule has 0 radical (unpaired) electrons. The number of aliphatic hydroxyl groups excluding tert-OH is 1. The Hall–Kier alpha value is -1.77. The van der Waals surface area contributed by atoms with E-state index in [4.69, 9.17) is 16.3 Å². The summed E-state index contributed by atoms with van der Waals surface area (Å²) in [5, 5.41) is 11.0. The average Bonchev–Trinajstić information content (AvgIpc) is 2.45. The van der Waals surface area contributed by atoms with Crippen LogP contribution in [0.3, 0.4) is 0 Å². The van der Waals surface area contributed by atoms with E-state index < -0.39 is 6.10 Å². The standard InChI is InChI=1S/C16H13ClO2/c17-12-6-8-13(9-7-12)19-15-10-5-11-3-1-2-4-14(11)16(15)18/h1-10,15-16,18H/t15-,16-/m1/s1. The van der Waals surface area contributed by atoms with Gasteiger partial charge in [-0.15, -0.1) is 0 Å². The SMILES string of the molecule is O[C@@H]1c2ccccc2C=C[C@H]1Oc1ccc(Cl)cc1. The molecule has 1 N–H and O–H groups in total. The first-order valence-corrected chi connectivity index (χ1v) is 6.49. The maximum absolute atomic E-state index is 10.3. The Labute approximate surface area is 116 Å². The second-order valence-electron chi connectivity index (χ2n) is 4.47. The molecular formula is C16H13ClO2. The van der Waals surface area contributed by atoms with Crippen molar-refractivity contribution in [3.05, 3.63) is 70.8 Å². The van der Waals surface area contributed by atoms with Gasteiger partial charge < -0.3 is 9.84 Å². The molecule has 0 aromatic heterocycles. The molecular weight excluding hydrogens is 260 g/mol. The van der Waals surface area contributed by atoms with E-state index in [2.05, 4.69) is 0 Å². The maximum Gasteiger partial charge on any atom is 0.147 e. The van der Waals surface area contributed by atoms with Gasteiger partial charge in [0.15, 0.2) is 0 Å². The molecule has 0 aliphatic heterocycles. The third-order valence-electron chi connectivity index (χ3n) is 3.18. The van der Waals surface area contributed by atoms with Crippen LogP contribution in [0.1, 0.15) is 17.2 Å². The summed E-state index contributed by atoms with van der Waals surface area (Å²) in [5.74, 6) is 0.692. The van der Waals surface area contributed by atoms with Gasteiger partial charge in [0.05, 0.1) is 0 Å². The molecule has 0 fully saturated rings. The van der Waals surface area contributed by atoms with Gasteiger partial charge in [-0.25, -0.2) is 0 Å². The minimum absolute atomic E-state index is 0.379. The van der Waals surface area contributed by atoms with Crippen molar-refractivity contribution in [2.24, 2.45) is 0 Å². The second-order valence-corrected chi connectivity index (χ2v) is 4.91. The smallest absolute Gasteiger partial charge is 0.147 e. The Balaban J connectivity index is 1.83. The van der Waals surface area contributed by atoms with Crippen molar-refractivity contribution >= 4 is 17.7 Å². The summed E-state index contributed by atoms with van der Waals surface area (Å²) in [4.78, 5) is 0. The number of halogens is 1. The lowest BCUT2D eigenvalue weighted by Crippen LogP contribution is -2.25. The monoisotopic (exact) mass is 272 g/mol. The van der Waals surface area contributed by atoms with E-state index >= 15 is 0 Å². The number of hydrogen-bond donors (Lipinski definition) is 1. The molecule has 0 unspecified atom stereocenters. The summed E-state index contributed by atoms with van der Waals surface area (Å²) >= 11 is 5.83. The lowest BCUT2D eigenvalue weighted by Gasteiger charge is -2.26. The van der Waals surface area contributed by atoms with E-state index in [0.29, 0.717) is 10.8 Å². The molecule has 2 aromatic carbocycles. The highest BCUT2D eigenvalue weighted by molar-refractivity contribution is 6.30. The van der Waals surface area contributed by atoms with Crippen molar-refractivity contribution < 1.29 is 9.84 Å². The molecule has 96 valence electrons. The zero-order valence-electron chi connectivity index (χ0n) is 10.2. The molecule has 0 heterocycles. The predicted octanol–water partition coefficient (Wildman–Crippen LogP) is 3.85. The number of hydrogen-bond acceptors (Lipinski definition) is 2. The summed E-state index contributed by atoms with van der Waals surface area (Å²) in [6, 6.07) is 14.9. The van der Waals surface area contributed by atoms with Crippen LogP contribution in [0.5, 0.6) is 5.75 Å². The number of rotatable bonds is 2. The fourth-order valence-electron chi connectivity index (χ4n) is 2.19. The first kappa shape index (κ1) is 12.3. The molecule has 1 aliphatic carbocycles. The quantitative estimate of drug-likeness (QED) is 0.900. The van der Waals surface area contributed by atoms with Crippen LogP contribution >= 0.6 is 11.6 Å². The molecule has 2 nitrogen and oxygen atoms in total. The van der Waals surface area contributed by atoms with Crippen LogP contribution < -0.4 is 4.74 Å². The zero-order chi connectivity index (χ0) is 13.2. The molecule has 0 amide bonds. The summed E-state index contributed by atoms with van der Waals surface area (Å²) in [6.45, 7) is 0. The number of aliphatic hydroxyl groups is 1. The highest BCUT2D eigenvalue weighted by atomic mass is 35.5. The van der Waals surface area contributed by atoms with Crippen LogP contribution in [0, 0.1) is 0 Å². The topological polar surface area (TPSA) is 29.5 Å². The summed E-state index contributed by atoms with van der Waals surface area (Å²) in [7, 11) is 0. The third-order valence-corrected chi connectivity index (χ3v) is 3.43. The Morgan fingerprint density at radius 1 is 1.00 bits per heavy atom. The van der Waals surface area contributed by atoms with E-state index in [1.807, 2.05) is 36.4 Å². The molecule has 0 saturated heterocycles. The van der Waals surface area contributed by atoms with Gasteiger partial charge in [0, 0.05) is 5.02 Å². The molecule has 0 saturated carbocycles. The van der Waals surface area contributed by atoms with Crippen LogP contribution in [0.15, 0.2) is 54.6 Å². The van der Waals surface area contributed by atoms with Gasteiger partial charge in [-0.05, 0) is 41.5 Å². The van der Waals surface area contributed by atoms with Crippen LogP contribution in [-0.4, -0.2) is 11.2 Å². The molecule has 3 heteroatoms. The van der Waals surface area contributed by atoms with E-state index in [9.17, 15) is 5.11 Å². The van der Waals surface area contributed by atoms with Crippen molar-refractivity contribution in [1.29, 1.82) is 0 Å². The maximum atomic E-state index is 10.3. The largest absolute Gasteiger partial charge is 0.483 e. The van der Waals surface area contributed by atoms with Crippen molar-refractivity contribution in [1.82, 2.24) is 0 Å². The number of benzene rings is 2. The fourth-order valence-corrected chi connectivity index (χ4v) is 2.31. The minimum Gasteiger partial charge on any atom is -0.483 e. The Morgan fingerprint density at radius 3 is 2.53 bits per heavy atom.